The Hall–Kier alpha value is -6.44. The topological polar surface area (TPSA) is 4.93 Å². The molecule has 0 saturated heterocycles. The summed E-state index contributed by atoms with van der Waals surface area (Å²) in [6.45, 7) is 2.24. The molecule has 9 rings (SSSR count). The molecule has 8 aromatic carbocycles. The first-order valence-electron chi connectivity index (χ1n) is 17.3. The van der Waals surface area contributed by atoms with Crippen molar-refractivity contribution < 1.29 is 0 Å². The Bertz CT molecular complexity index is 2600. The molecule has 0 fully saturated rings. The zero-order valence-corrected chi connectivity index (χ0v) is 27.9. The molecule has 0 aliphatic carbocycles. The largest absolute Gasteiger partial charge is 0.308 e. The maximum absolute atomic E-state index is 2.53. The van der Waals surface area contributed by atoms with Crippen molar-refractivity contribution >= 4 is 21.8 Å². The van der Waals surface area contributed by atoms with E-state index in [1.54, 1.807) is 0 Å². The van der Waals surface area contributed by atoms with E-state index in [0.717, 1.165) is 0 Å². The second kappa shape index (κ2) is 12.5. The Morgan fingerprint density at radius 2 is 0.780 bits per heavy atom. The molecule has 0 aliphatic rings. The van der Waals surface area contributed by atoms with Crippen LogP contribution in [0.2, 0.25) is 0 Å². The van der Waals surface area contributed by atoms with Crippen LogP contribution in [0.3, 0.4) is 0 Å². The van der Waals surface area contributed by atoms with Crippen molar-refractivity contribution in [2.75, 3.05) is 0 Å². The number of hydrogen-bond acceptors (Lipinski definition) is 0. The van der Waals surface area contributed by atoms with Gasteiger partial charge in [-0.1, -0.05) is 170 Å². The molecular weight excluding hydrogens is 603 g/mol. The first-order chi connectivity index (χ1) is 24.7. The van der Waals surface area contributed by atoms with Crippen LogP contribution in [0.4, 0.5) is 0 Å². The van der Waals surface area contributed by atoms with E-state index in [1.807, 2.05) is 0 Å². The van der Waals surface area contributed by atoms with Crippen LogP contribution in [0.15, 0.2) is 194 Å². The van der Waals surface area contributed by atoms with Gasteiger partial charge in [0, 0.05) is 21.9 Å². The molecule has 0 unspecified atom stereocenters. The van der Waals surface area contributed by atoms with E-state index in [-0.39, 0.29) is 0 Å². The van der Waals surface area contributed by atoms with Gasteiger partial charge in [-0.05, 0) is 81.3 Å². The number of para-hydroxylation sites is 1. The average molecular weight is 638 g/mol. The molecule has 0 amide bonds. The molecular formula is C49H35N. The number of aryl methyl sites for hydroxylation is 1. The molecule has 1 heterocycles. The fraction of sp³-hybridized carbons (Fsp3) is 0.0204. The lowest BCUT2D eigenvalue weighted by Gasteiger charge is -2.19. The highest BCUT2D eigenvalue weighted by Gasteiger charge is 2.22. The molecule has 0 saturated carbocycles. The predicted octanol–water partition coefficient (Wildman–Crippen LogP) is 13.4. The maximum atomic E-state index is 2.53. The monoisotopic (exact) mass is 637 g/mol. The summed E-state index contributed by atoms with van der Waals surface area (Å²) >= 11 is 0. The number of aromatic nitrogens is 1. The van der Waals surface area contributed by atoms with Gasteiger partial charge < -0.3 is 4.57 Å². The molecule has 236 valence electrons. The summed E-state index contributed by atoms with van der Waals surface area (Å²) in [5.41, 5.74) is 17.0. The normalized spacial score (nSPS) is 11.3. The highest BCUT2D eigenvalue weighted by atomic mass is 15.0. The SMILES string of the molecule is Cc1cccc(-c2ccc(-c3ccccc3)cc2)c1-n1c2ccc(-c3ccccc3)cc2c2cc(-c3ccccc3)cc(-c3ccccc3)c21. The third kappa shape index (κ3) is 5.21. The molecule has 1 nitrogen and oxygen atoms in total. The van der Waals surface area contributed by atoms with Gasteiger partial charge in [-0.2, -0.15) is 0 Å². The number of benzene rings is 8. The summed E-state index contributed by atoms with van der Waals surface area (Å²) in [6, 6.07) is 70.5. The quantitative estimate of drug-likeness (QED) is 0.171. The van der Waals surface area contributed by atoms with Crippen molar-refractivity contribution in [3.05, 3.63) is 200 Å². The Labute approximate surface area is 293 Å². The summed E-state index contributed by atoms with van der Waals surface area (Å²) in [5, 5.41) is 2.48. The summed E-state index contributed by atoms with van der Waals surface area (Å²) in [5.74, 6) is 0. The third-order valence-corrected chi connectivity index (χ3v) is 9.92. The third-order valence-electron chi connectivity index (χ3n) is 9.92. The first-order valence-corrected chi connectivity index (χ1v) is 17.3. The minimum Gasteiger partial charge on any atom is -0.308 e. The van der Waals surface area contributed by atoms with Gasteiger partial charge in [0.05, 0.1) is 16.7 Å². The van der Waals surface area contributed by atoms with Crippen molar-refractivity contribution in [2.24, 2.45) is 0 Å². The van der Waals surface area contributed by atoms with Crippen LogP contribution in [-0.4, -0.2) is 4.57 Å². The molecule has 50 heavy (non-hydrogen) atoms. The van der Waals surface area contributed by atoms with Gasteiger partial charge >= 0.3 is 0 Å². The molecule has 0 aliphatic heterocycles. The first kappa shape index (κ1) is 29.7. The Balaban J connectivity index is 1.37. The summed E-state index contributed by atoms with van der Waals surface area (Å²) in [4.78, 5) is 0. The van der Waals surface area contributed by atoms with Gasteiger partial charge in [0.1, 0.15) is 0 Å². The predicted molar refractivity (Wildman–Crippen MR) is 213 cm³/mol. The lowest BCUT2D eigenvalue weighted by atomic mass is 9.94. The minimum absolute atomic E-state index is 1.19. The van der Waals surface area contributed by atoms with E-state index in [2.05, 4.69) is 206 Å². The second-order valence-corrected chi connectivity index (χ2v) is 13.0. The maximum Gasteiger partial charge on any atom is 0.0620 e. The van der Waals surface area contributed by atoms with Gasteiger partial charge in [0.15, 0.2) is 0 Å². The molecule has 0 atom stereocenters. The highest BCUT2D eigenvalue weighted by Crippen LogP contribution is 2.44. The fourth-order valence-electron chi connectivity index (χ4n) is 7.49. The van der Waals surface area contributed by atoms with Crippen LogP contribution >= 0.6 is 0 Å². The van der Waals surface area contributed by atoms with E-state index in [9.17, 15) is 0 Å². The molecule has 0 spiro atoms. The van der Waals surface area contributed by atoms with Gasteiger partial charge in [-0.3, -0.25) is 0 Å². The van der Waals surface area contributed by atoms with Gasteiger partial charge in [0.2, 0.25) is 0 Å². The Kier molecular flexibility index (Phi) is 7.44. The summed E-state index contributed by atoms with van der Waals surface area (Å²) in [6.07, 6.45) is 0. The van der Waals surface area contributed by atoms with Crippen molar-refractivity contribution in [3.63, 3.8) is 0 Å². The van der Waals surface area contributed by atoms with Gasteiger partial charge in [-0.25, -0.2) is 0 Å². The van der Waals surface area contributed by atoms with E-state index in [1.165, 1.54) is 88.7 Å². The standard InChI is InChI=1S/C49H35N/c1-34-15-14-24-43(40-27-25-38(26-28-40)35-16-6-2-7-17-35)48(34)50-47-30-29-41(36-18-8-3-9-19-36)31-45(47)46-33-42(37-20-10-4-11-21-37)32-44(49(46)50)39-22-12-5-13-23-39/h2-33H,1H3. The van der Waals surface area contributed by atoms with E-state index in [4.69, 9.17) is 0 Å². The zero-order chi connectivity index (χ0) is 33.4. The molecule has 1 aromatic heterocycles. The van der Waals surface area contributed by atoms with Crippen LogP contribution in [0.25, 0.3) is 83.1 Å². The van der Waals surface area contributed by atoms with E-state index in [0.29, 0.717) is 0 Å². The molecule has 0 bridgehead atoms. The second-order valence-electron chi connectivity index (χ2n) is 13.0. The van der Waals surface area contributed by atoms with Crippen LogP contribution in [-0.2, 0) is 0 Å². The van der Waals surface area contributed by atoms with Gasteiger partial charge in [-0.15, -0.1) is 0 Å². The van der Waals surface area contributed by atoms with Crippen molar-refractivity contribution in [1.82, 2.24) is 4.57 Å². The lowest BCUT2D eigenvalue weighted by Crippen LogP contribution is -2.01. The molecule has 0 N–H and O–H groups in total. The average Bonchev–Trinajstić information content (AvgIpc) is 3.52. The zero-order valence-electron chi connectivity index (χ0n) is 27.9. The van der Waals surface area contributed by atoms with Crippen LogP contribution < -0.4 is 0 Å². The Morgan fingerprint density at radius 3 is 1.40 bits per heavy atom. The number of rotatable bonds is 6. The minimum atomic E-state index is 1.19. The summed E-state index contributed by atoms with van der Waals surface area (Å²) in [7, 11) is 0. The smallest absolute Gasteiger partial charge is 0.0620 e. The highest BCUT2D eigenvalue weighted by molar-refractivity contribution is 6.16. The molecule has 0 radical (unpaired) electrons. The number of fused-ring (bicyclic) bond motifs is 3. The summed E-state index contributed by atoms with van der Waals surface area (Å²) < 4.78 is 2.53. The van der Waals surface area contributed by atoms with Crippen molar-refractivity contribution in [1.29, 1.82) is 0 Å². The number of nitrogens with zero attached hydrogens (tertiary/aromatic N) is 1. The lowest BCUT2D eigenvalue weighted by molar-refractivity contribution is 1.15. The van der Waals surface area contributed by atoms with Crippen molar-refractivity contribution in [3.8, 4) is 61.3 Å². The van der Waals surface area contributed by atoms with Crippen LogP contribution in [0.5, 0.6) is 0 Å². The van der Waals surface area contributed by atoms with E-state index < -0.39 is 0 Å². The van der Waals surface area contributed by atoms with E-state index >= 15 is 0 Å². The van der Waals surface area contributed by atoms with Gasteiger partial charge in [0.25, 0.3) is 0 Å². The van der Waals surface area contributed by atoms with Crippen LogP contribution in [0, 0.1) is 6.92 Å². The number of hydrogen-bond donors (Lipinski definition) is 0. The molecule has 1 heteroatoms. The van der Waals surface area contributed by atoms with Crippen molar-refractivity contribution in [2.45, 2.75) is 6.92 Å². The fourth-order valence-corrected chi connectivity index (χ4v) is 7.49. The Morgan fingerprint density at radius 1 is 0.320 bits per heavy atom. The van der Waals surface area contributed by atoms with Crippen LogP contribution in [0.1, 0.15) is 5.56 Å². The molecule has 9 aromatic rings.